The third kappa shape index (κ3) is 3.60. The fourth-order valence-electron chi connectivity index (χ4n) is 7.28. The van der Waals surface area contributed by atoms with E-state index in [2.05, 4.69) is 139 Å². The van der Waals surface area contributed by atoms with Gasteiger partial charge in [-0.15, -0.1) is 0 Å². The van der Waals surface area contributed by atoms with Gasteiger partial charge in [-0.05, 0) is 104 Å². The molecular formula is C44H24O2. The summed E-state index contributed by atoms with van der Waals surface area (Å²) in [4.78, 5) is 0. The molecule has 212 valence electrons. The lowest BCUT2D eigenvalue weighted by Gasteiger charge is -2.20. The molecule has 0 saturated heterocycles. The van der Waals surface area contributed by atoms with Crippen molar-refractivity contribution in [2.24, 2.45) is 0 Å². The van der Waals surface area contributed by atoms with Gasteiger partial charge in [0.15, 0.2) is 11.2 Å². The second-order valence-electron chi connectivity index (χ2n) is 11.9. The van der Waals surface area contributed by atoms with Crippen molar-refractivity contribution in [1.82, 2.24) is 0 Å². The molecule has 46 heavy (non-hydrogen) atoms. The van der Waals surface area contributed by atoms with Crippen LogP contribution in [0.25, 0.3) is 100 Å². The van der Waals surface area contributed by atoms with Crippen LogP contribution in [-0.2, 0) is 0 Å². The molecule has 0 saturated carbocycles. The van der Waals surface area contributed by atoms with Crippen LogP contribution < -0.4 is 0 Å². The average Bonchev–Trinajstić information content (AvgIpc) is 3.69. The molecule has 0 aliphatic heterocycles. The summed E-state index contributed by atoms with van der Waals surface area (Å²) in [5, 5.41) is 6.75. The maximum absolute atomic E-state index is 6.42. The molecule has 10 rings (SSSR count). The molecule has 9 aromatic rings. The number of para-hydroxylation sites is 1. The van der Waals surface area contributed by atoms with Crippen LogP contribution in [0.2, 0.25) is 0 Å². The number of benzene rings is 7. The number of furan rings is 2. The molecule has 0 atom stereocenters. The molecule has 2 nitrogen and oxygen atoms in total. The van der Waals surface area contributed by atoms with Crippen molar-refractivity contribution in [3.8, 4) is 33.4 Å². The van der Waals surface area contributed by atoms with Gasteiger partial charge in [-0.2, -0.15) is 0 Å². The lowest BCUT2D eigenvalue weighted by molar-refractivity contribution is 0.633. The maximum atomic E-state index is 6.42. The van der Waals surface area contributed by atoms with Crippen molar-refractivity contribution < 1.29 is 8.83 Å². The lowest BCUT2D eigenvalue weighted by Crippen LogP contribution is -1.97. The van der Waals surface area contributed by atoms with E-state index in [4.69, 9.17) is 8.83 Å². The highest BCUT2D eigenvalue weighted by Gasteiger charge is 2.21. The van der Waals surface area contributed by atoms with Crippen LogP contribution in [0.4, 0.5) is 0 Å². The Labute approximate surface area is 264 Å². The molecule has 1 aliphatic carbocycles. The second-order valence-corrected chi connectivity index (χ2v) is 11.9. The van der Waals surface area contributed by atoms with Gasteiger partial charge in [0, 0.05) is 21.5 Å². The Morgan fingerprint density at radius 1 is 0.348 bits per heavy atom. The highest BCUT2D eigenvalue weighted by molar-refractivity contribution is 6.19. The van der Waals surface area contributed by atoms with E-state index in [0.717, 1.165) is 55.0 Å². The quantitative estimate of drug-likeness (QED) is 0.193. The van der Waals surface area contributed by atoms with Gasteiger partial charge in [-0.3, -0.25) is 0 Å². The molecule has 7 aromatic carbocycles. The van der Waals surface area contributed by atoms with Crippen molar-refractivity contribution >= 4 is 66.8 Å². The molecule has 0 unspecified atom stereocenters. The molecule has 2 heteroatoms. The molecular weight excluding hydrogens is 560 g/mol. The first-order chi connectivity index (χ1) is 22.8. The first-order valence-electron chi connectivity index (χ1n) is 15.5. The number of hydrogen-bond donors (Lipinski definition) is 0. The molecule has 0 fully saturated rings. The highest BCUT2D eigenvalue weighted by Crippen LogP contribution is 2.45. The van der Waals surface area contributed by atoms with Crippen LogP contribution in [0, 0.1) is 0 Å². The van der Waals surface area contributed by atoms with Crippen molar-refractivity contribution in [2.75, 3.05) is 0 Å². The summed E-state index contributed by atoms with van der Waals surface area (Å²) in [5.41, 5.74) is 19.2. The monoisotopic (exact) mass is 584 g/mol. The Hall–Kier alpha value is -6.30. The summed E-state index contributed by atoms with van der Waals surface area (Å²) < 4.78 is 12.7. The normalized spacial score (nSPS) is 12.3. The fraction of sp³-hybridized carbons (Fsp3) is 0. The summed E-state index contributed by atoms with van der Waals surface area (Å²) in [5.74, 6) is 0. The van der Waals surface area contributed by atoms with Gasteiger partial charge in [0.05, 0.1) is 0 Å². The van der Waals surface area contributed by atoms with E-state index in [1.165, 1.54) is 44.2 Å². The van der Waals surface area contributed by atoms with Crippen LogP contribution in [0.15, 0.2) is 154 Å². The number of fused-ring (bicyclic) bond motifs is 9. The van der Waals surface area contributed by atoms with E-state index in [1.807, 2.05) is 18.2 Å². The SMILES string of the molecule is C1=C=Cc2c(c(-c3ccccc3)c3ccccc3c2-c2cccc(-c3ccc4oc5c(ccc6c7ccccc7oc65)c4c3)c2)C=1. The summed E-state index contributed by atoms with van der Waals surface area (Å²) in [6.07, 6.45) is 4.16. The summed E-state index contributed by atoms with van der Waals surface area (Å²) in [6.45, 7) is 0. The zero-order chi connectivity index (χ0) is 30.2. The van der Waals surface area contributed by atoms with Gasteiger partial charge in [-0.1, -0.05) is 109 Å². The first-order valence-corrected chi connectivity index (χ1v) is 15.5. The second kappa shape index (κ2) is 9.60. The van der Waals surface area contributed by atoms with Crippen molar-refractivity contribution in [1.29, 1.82) is 0 Å². The maximum Gasteiger partial charge on any atom is 0.178 e. The zero-order valence-corrected chi connectivity index (χ0v) is 24.7. The Kier molecular flexibility index (Phi) is 5.23. The molecule has 0 N–H and O–H groups in total. The minimum Gasteiger partial charge on any atom is -0.452 e. The Bertz CT molecular complexity index is 2810. The van der Waals surface area contributed by atoms with Crippen molar-refractivity contribution in [2.45, 2.75) is 0 Å². The standard InChI is InChI=1S/C44H24O2/c1-2-11-27(12-3-1)41-32-16-4-6-18-34(32)42(35-19-7-5-17-33(35)41)30-14-10-13-28(25-30)29-21-24-40-38(26-29)37-23-22-36-31-15-8-9-20-39(31)45-43(36)44(37)46-40/h1-4,6,8-26H. The predicted octanol–water partition coefficient (Wildman–Crippen LogP) is 12.4. The van der Waals surface area contributed by atoms with E-state index in [0.29, 0.717) is 0 Å². The molecule has 0 spiro atoms. The van der Waals surface area contributed by atoms with Crippen LogP contribution in [0.1, 0.15) is 11.1 Å². The number of rotatable bonds is 3. The van der Waals surface area contributed by atoms with Crippen LogP contribution >= 0.6 is 0 Å². The topological polar surface area (TPSA) is 26.3 Å². The third-order valence-electron chi connectivity index (χ3n) is 9.34. The number of hydrogen-bond acceptors (Lipinski definition) is 2. The Morgan fingerprint density at radius 3 is 1.63 bits per heavy atom. The van der Waals surface area contributed by atoms with Gasteiger partial charge >= 0.3 is 0 Å². The van der Waals surface area contributed by atoms with Crippen LogP contribution in [-0.4, -0.2) is 0 Å². The van der Waals surface area contributed by atoms with E-state index >= 15 is 0 Å². The minimum atomic E-state index is 0.791. The van der Waals surface area contributed by atoms with Gasteiger partial charge in [0.25, 0.3) is 0 Å². The van der Waals surface area contributed by atoms with E-state index in [-0.39, 0.29) is 0 Å². The van der Waals surface area contributed by atoms with Crippen molar-refractivity contribution in [3.63, 3.8) is 0 Å². The van der Waals surface area contributed by atoms with E-state index in [9.17, 15) is 0 Å². The first kappa shape index (κ1) is 25.1. The summed E-state index contributed by atoms with van der Waals surface area (Å²) in [7, 11) is 0. The molecule has 2 heterocycles. The van der Waals surface area contributed by atoms with Gasteiger partial charge in [-0.25, -0.2) is 0 Å². The van der Waals surface area contributed by atoms with Crippen molar-refractivity contribution in [3.05, 3.63) is 156 Å². The minimum absolute atomic E-state index is 0.791. The van der Waals surface area contributed by atoms with E-state index < -0.39 is 0 Å². The Balaban J connectivity index is 1.17. The van der Waals surface area contributed by atoms with E-state index in [1.54, 1.807) is 0 Å². The largest absolute Gasteiger partial charge is 0.452 e. The summed E-state index contributed by atoms with van der Waals surface area (Å²) in [6, 6.07) is 47.2. The zero-order valence-electron chi connectivity index (χ0n) is 24.7. The fourth-order valence-corrected chi connectivity index (χ4v) is 7.28. The summed E-state index contributed by atoms with van der Waals surface area (Å²) >= 11 is 0. The lowest BCUT2D eigenvalue weighted by atomic mass is 9.82. The third-order valence-corrected chi connectivity index (χ3v) is 9.34. The molecule has 1 aliphatic rings. The predicted molar refractivity (Wildman–Crippen MR) is 191 cm³/mol. The molecule has 2 aromatic heterocycles. The average molecular weight is 585 g/mol. The molecule has 0 bridgehead atoms. The van der Waals surface area contributed by atoms with Gasteiger partial charge in [0.1, 0.15) is 11.2 Å². The highest BCUT2D eigenvalue weighted by atomic mass is 16.4. The van der Waals surface area contributed by atoms with Gasteiger partial charge in [0.2, 0.25) is 0 Å². The van der Waals surface area contributed by atoms with Crippen LogP contribution in [0.3, 0.4) is 0 Å². The van der Waals surface area contributed by atoms with Crippen LogP contribution in [0.5, 0.6) is 0 Å². The molecule has 0 radical (unpaired) electrons. The smallest absolute Gasteiger partial charge is 0.178 e. The van der Waals surface area contributed by atoms with Gasteiger partial charge < -0.3 is 8.83 Å². The molecule has 0 amide bonds. The Morgan fingerprint density at radius 2 is 0.891 bits per heavy atom.